The lowest BCUT2D eigenvalue weighted by Gasteiger charge is -2.11. The summed E-state index contributed by atoms with van der Waals surface area (Å²) in [5.41, 5.74) is -1.17. The van der Waals surface area contributed by atoms with Crippen molar-refractivity contribution in [2.45, 2.75) is 0 Å². The van der Waals surface area contributed by atoms with Gasteiger partial charge in [0.2, 0.25) is 11.6 Å². The van der Waals surface area contributed by atoms with Crippen LogP contribution in [-0.4, -0.2) is 37.7 Å². The molecule has 0 bridgehead atoms. The summed E-state index contributed by atoms with van der Waals surface area (Å²) < 4.78 is 10.8. The van der Waals surface area contributed by atoms with Gasteiger partial charge in [-0.25, -0.2) is 9.59 Å². The third-order valence-corrected chi connectivity index (χ3v) is 4.75. The van der Waals surface area contributed by atoms with Gasteiger partial charge in [0.1, 0.15) is 11.1 Å². The molecule has 0 radical (unpaired) electrons. The van der Waals surface area contributed by atoms with Crippen molar-refractivity contribution >= 4 is 55.4 Å². The SMILES string of the molecule is COC(=O)/C(C(=O)c1ccc(Br)cc1)=C(\C(=O)OC)C(=O)c1ccc(Br)cc1. The molecule has 0 amide bonds. The molecule has 6 nitrogen and oxygen atoms in total. The Bertz CT molecular complexity index is 880. The summed E-state index contributed by atoms with van der Waals surface area (Å²) >= 11 is 6.50. The van der Waals surface area contributed by atoms with Gasteiger partial charge in [0.05, 0.1) is 14.2 Å². The molecular weight excluding hydrogens is 496 g/mol. The topological polar surface area (TPSA) is 86.7 Å². The van der Waals surface area contributed by atoms with Crippen LogP contribution in [0.2, 0.25) is 0 Å². The second kappa shape index (κ2) is 9.57. The molecule has 0 aliphatic rings. The molecule has 0 heterocycles. The van der Waals surface area contributed by atoms with Crippen LogP contribution in [0.1, 0.15) is 20.7 Å². The Kier molecular flexibility index (Phi) is 7.42. The van der Waals surface area contributed by atoms with E-state index in [1.807, 2.05) is 0 Å². The van der Waals surface area contributed by atoms with Crippen molar-refractivity contribution in [3.05, 3.63) is 79.7 Å². The average Bonchev–Trinajstić information content (AvgIpc) is 2.71. The van der Waals surface area contributed by atoms with Crippen LogP contribution < -0.4 is 0 Å². The van der Waals surface area contributed by atoms with E-state index in [-0.39, 0.29) is 11.1 Å². The number of hydrogen-bond acceptors (Lipinski definition) is 6. The van der Waals surface area contributed by atoms with E-state index in [0.29, 0.717) is 8.95 Å². The number of ether oxygens (including phenoxy) is 2. The first-order chi connectivity index (χ1) is 13.3. The maximum Gasteiger partial charge on any atom is 0.342 e. The van der Waals surface area contributed by atoms with Crippen LogP contribution in [0.15, 0.2) is 68.6 Å². The molecule has 144 valence electrons. The van der Waals surface area contributed by atoms with Gasteiger partial charge in [-0.15, -0.1) is 0 Å². The average molecular weight is 510 g/mol. The van der Waals surface area contributed by atoms with E-state index in [4.69, 9.17) is 0 Å². The molecule has 0 saturated carbocycles. The second-order valence-corrected chi connectivity index (χ2v) is 7.24. The van der Waals surface area contributed by atoms with Gasteiger partial charge in [-0.3, -0.25) is 9.59 Å². The van der Waals surface area contributed by atoms with Crippen LogP contribution in [0, 0.1) is 0 Å². The Morgan fingerprint density at radius 1 is 0.607 bits per heavy atom. The van der Waals surface area contributed by atoms with E-state index >= 15 is 0 Å². The van der Waals surface area contributed by atoms with Crippen molar-refractivity contribution in [1.82, 2.24) is 0 Å². The summed E-state index contributed by atoms with van der Waals surface area (Å²) in [5, 5.41) is 0. The van der Waals surface area contributed by atoms with Crippen molar-refractivity contribution in [2.75, 3.05) is 14.2 Å². The number of hydrogen-bond donors (Lipinski definition) is 0. The molecular formula is C20H14Br2O6. The molecule has 0 spiro atoms. The maximum atomic E-state index is 13.0. The number of esters is 2. The highest BCUT2D eigenvalue weighted by Gasteiger charge is 2.34. The van der Waals surface area contributed by atoms with E-state index in [1.54, 1.807) is 24.3 Å². The zero-order valence-electron chi connectivity index (χ0n) is 14.8. The fourth-order valence-corrected chi connectivity index (χ4v) is 2.84. The van der Waals surface area contributed by atoms with Gasteiger partial charge in [-0.1, -0.05) is 31.9 Å². The number of methoxy groups -OCH3 is 2. The van der Waals surface area contributed by atoms with Crippen molar-refractivity contribution < 1.29 is 28.7 Å². The monoisotopic (exact) mass is 508 g/mol. The molecule has 0 fully saturated rings. The molecule has 0 aliphatic heterocycles. The van der Waals surface area contributed by atoms with Crippen molar-refractivity contribution in [3.8, 4) is 0 Å². The highest BCUT2D eigenvalue weighted by molar-refractivity contribution is 9.10. The number of carbonyl (C=O) groups excluding carboxylic acids is 4. The van der Waals surface area contributed by atoms with Crippen molar-refractivity contribution in [2.24, 2.45) is 0 Å². The number of benzene rings is 2. The third kappa shape index (κ3) is 4.82. The van der Waals surface area contributed by atoms with Gasteiger partial charge in [-0.2, -0.15) is 0 Å². The molecule has 0 aliphatic carbocycles. The molecule has 8 heteroatoms. The molecule has 0 N–H and O–H groups in total. The minimum atomic E-state index is -1.11. The smallest absolute Gasteiger partial charge is 0.342 e. The summed E-state index contributed by atoms with van der Waals surface area (Å²) in [6, 6.07) is 12.2. The number of Topliss-reactive ketones (excluding diaryl/α,β-unsaturated/α-hetero) is 2. The third-order valence-electron chi connectivity index (χ3n) is 3.70. The fraction of sp³-hybridized carbons (Fsp3) is 0.100. The first-order valence-electron chi connectivity index (χ1n) is 7.81. The van der Waals surface area contributed by atoms with E-state index in [1.165, 1.54) is 24.3 Å². The van der Waals surface area contributed by atoms with Crippen LogP contribution in [0.25, 0.3) is 0 Å². The number of ketones is 2. The summed E-state index contributed by atoms with van der Waals surface area (Å²) in [4.78, 5) is 50.7. The predicted molar refractivity (Wildman–Crippen MR) is 108 cm³/mol. The Labute approximate surface area is 177 Å². The quantitative estimate of drug-likeness (QED) is 0.193. The second-order valence-electron chi connectivity index (χ2n) is 5.41. The Morgan fingerprint density at radius 2 is 0.893 bits per heavy atom. The van der Waals surface area contributed by atoms with Crippen molar-refractivity contribution in [1.29, 1.82) is 0 Å². The molecule has 0 atom stereocenters. The summed E-state index contributed by atoms with van der Waals surface area (Å²) in [7, 11) is 2.10. The van der Waals surface area contributed by atoms with Gasteiger partial charge in [0.25, 0.3) is 0 Å². The van der Waals surface area contributed by atoms with Crippen molar-refractivity contribution in [3.63, 3.8) is 0 Å². The zero-order valence-corrected chi connectivity index (χ0v) is 18.0. The molecule has 2 rings (SSSR count). The molecule has 0 saturated heterocycles. The van der Waals surface area contributed by atoms with E-state index < -0.39 is 34.7 Å². The van der Waals surface area contributed by atoms with Gasteiger partial charge in [0.15, 0.2) is 0 Å². The highest BCUT2D eigenvalue weighted by Crippen LogP contribution is 2.22. The van der Waals surface area contributed by atoms with Crippen LogP contribution in [0.5, 0.6) is 0 Å². The molecule has 2 aromatic carbocycles. The molecule has 0 unspecified atom stereocenters. The molecule has 2 aromatic rings. The standard InChI is InChI=1S/C20H14Br2O6/c1-27-19(25)15(17(23)11-3-7-13(21)8-4-11)16(20(26)28-2)18(24)12-5-9-14(22)10-6-12/h3-10H,1-2H3/b16-15-. The Hall–Kier alpha value is -2.58. The highest BCUT2D eigenvalue weighted by atomic mass is 79.9. The summed E-state index contributed by atoms with van der Waals surface area (Å²) in [6.07, 6.45) is 0. The minimum absolute atomic E-state index is 0.105. The lowest BCUT2D eigenvalue weighted by molar-refractivity contribution is -0.138. The van der Waals surface area contributed by atoms with Crippen LogP contribution in [0.3, 0.4) is 0 Å². The molecule has 0 aromatic heterocycles. The van der Waals surface area contributed by atoms with E-state index in [2.05, 4.69) is 41.3 Å². The van der Waals surface area contributed by atoms with Crippen LogP contribution in [0.4, 0.5) is 0 Å². The first kappa shape index (κ1) is 21.7. The molecule has 28 heavy (non-hydrogen) atoms. The van der Waals surface area contributed by atoms with Gasteiger partial charge in [-0.05, 0) is 48.5 Å². The van der Waals surface area contributed by atoms with Crippen LogP contribution in [-0.2, 0) is 19.1 Å². The predicted octanol–water partition coefficient (Wildman–Crippen LogP) is 3.92. The maximum absolute atomic E-state index is 13.0. The minimum Gasteiger partial charge on any atom is -0.465 e. The Balaban J connectivity index is 2.71. The Morgan fingerprint density at radius 3 is 1.14 bits per heavy atom. The zero-order chi connectivity index (χ0) is 20.8. The summed E-state index contributed by atoms with van der Waals surface area (Å²) in [6.45, 7) is 0. The number of rotatable bonds is 6. The van der Waals surface area contributed by atoms with E-state index in [9.17, 15) is 19.2 Å². The number of halogens is 2. The summed E-state index contributed by atoms with van der Waals surface area (Å²) in [5.74, 6) is -3.88. The fourth-order valence-electron chi connectivity index (χ4n) is 2.31. The lowest BCUT2D eigenvalue weighted by Crippen LogP contribution is -2.26. The van der Waals surface area contributed by atoms with Gasteiger partial charge >= 0.3 is 11.9 Å². The normalized spacial score (nSPS) is 11.3. The van der Waals surface area contributed by atoms with E-state index in [0.717, 1.165) is 14.2 Å². The number of carbonyl (C=O) groups is 4. The van der Waals surface area contributed by atoms with Crippen LogP contribution >= 0.6 is 31.9 Å². The largest absolute Gasteiger partial charge is 0.465 e. The lowest BCUT2D eigenvalue weighted by atomic mass is 9.93. The van der Waals surface area contributed by atoms with Gasteiger partial charge in [0, 0.05) is 20.1 Å². The first-order valence-corrected chi connectivity index (χ1v) is 9.40. The van der Waals surface area contributed by atoms with Gasteiger partial charge < -0.3 is 9.47 Å².